The van der Waals surface area contributed by atoms with Crippen molar-refractivity contribution in [2.24, 2.45) is 5.41 Å². The van der Waals surface area contributed by atoms with Gasteiger partial charge in [-0.1, -0.05) is 136 Å². The van der Waals surface area contributed by atoms with E-state index in [-0.39, 0.29) is 11.2 Å². The number of aryl methyl sites for hydroxylation is 2. The molecule has 0 saturated carbocycles. The molecule has 0 N–H and O–H groups in total. The maximum absolute atomic E-state index is 12.3. The van der Waals surface area contributed by atoms with Crippen molar-refractivity contribution in [1.29, 1.82) is 0 Å². The molecule has 0 aliphatic rings. The minimum atomic E-state index is -0.0361. The van der Waals surface area contributed by atoms with Gasteiger partial charge in [-0.05, 0) is 111 Å². The molecule has 3 aromatic carbocycles. The van der Waals surface area contributed by atoms with E-state index in [1.54, 1.807) is 6.92 Å². The number of hydrogen-bond donors (Lipinski definition) is 0. The molecule has 2 heteroatoms. The number of allylic oxidation sites excluding steroid dienone is 5. The van der Waals surface area contributed by atoms with E-state index >= 15 is 0 Å². The lowest BCUT2D eigenvalue weighted by Gasteiger charge is -2.30. The molecule has 1 atom stereocenters. The van der Waals surface area contributed by atoms with Crippen LogP contribution in [-0.2, 0) is 11.2 Å². The summed E-state index contributed by atoms with van der Waals surface area (Å²) in [5.41, 5.74) is 11.1. The lowest BCUT2D eigenvalue weighted by atomic mass is 9.76. The Morgan fingerprint density at radius 3 is 1.93 bits per heavy atom. The molecule has 0 aliphatic heterocycles. The predicted octanol–water partition coefficient (Wildman–Crippen LogP) is 12.4. The molecule has 0 aliphatic carbocycles. The number of Topliss-reactive ketones (excluding diaryl/α,β-unsaturated/α-hetero) is 1. The maximum atomic E-state index is 12.3. The highest BCUT2D eigenvalue weighted by atomic mass is 16.5. The van der Waals surface area contributed by atoms with Gasteiger partial charge in [0, 0.05) is 6.42 Å². The first kappa shape index (κ1) is 38.0. The number of ether oxygens (including phenoxy) is 1. The second-order valence-corrected chi connectivity index (χ2v) is 12.7. The summed E-state index contributed by atoms with van der Waals surface area (Å²) in [6.07, 6.45) is 9.08. The van der Waals surface area contributed by atoms with Crippen molar-refractivity contribution in [2.75, 3.05) is 6.61 Å². The summed E-state index contributed by atoms with van der Waals surface area (Å²) in [6, 6.07) is 23.4. The highest BCUT2D eigenvalue weighted by molar-refractivity contribution is 5.94. The summed E-state index contributed by atoms with van der Waals surface area (Å²) in [5.74, 6) is 0.983. The summed E-state index contributed by atoms with van der Waals surface area (Å²) < 4.78 is 6.17. The molecule has 0 radical (unpaired) electrons. The molecule has 3 aromatic rings. The van der Waals surface area contributed by atoms with Crippen LogP contribution in [0.5, 0.6) is 5.75 Å². The van der Waals surface area contributed by atoms with Crippen molar-refractivity contribution in [3.05, 3.63) is 144 Å². The van der Waals surface area contributed by atoms with Gasteiger partial charge in [0.25, 0.3) is 0 Å². The third-order valence-electron chi connectivity index (χ3n) is 8.57. The van der Waals surface area contributed by atoms with E-state index in [0.717, 1.165) is 71.3 Å². The van der Waals surface area contributed by atoms with Crippen LogP contribution in [0.2, 0.25) is 0 Å². The minimum Gasteiger partial charge on any atom is -0.494 e. The van der Waals surface area contributed by atoms with Crippen LogP contribution < -0.4 is 4.74 Å². The van der Waals surface area contributed by atoms with Crippen molar-refractivity contribution in [3.8, 4) is 16.9 Å². The zero-order valence-corrected chi connectivity index (χ0v) is 29.6. The van der Waals surface area contributed by atoms with Crippen LogP contribution in [0.25, 0.3) is 17.2 Å². The first-order chi connectivity index (χ1) is 21.8. The van der Waals surface area contributed by atoms with Gasteiger partial charge < -0.3 is 4.74 Å². The molecule has 46 heavy (non-hydrogen) atoms. The van der Waals surface area contributed by atoms with Crippen molar-refractivity contribution < 1.29 is 9.53 Å². The highest BCUT2D eigenvalue weighted by Crippen LogP contribution is 2.36. The van der Waals surface area contributed by atoms with Gasteiger partial charge in [-0.15, -0.1) is 0 Å². The van der Waals surface area contributed by atoms with Gasteiger partial charge in [0.2, 0.25) is 0 Å². The number of ketones is 1. The minimum absolute atomic E-state index is 0.0361. The highest BCUT2D eigenvalue weighted by Gasteiger charge is 2.25. The quantitative estimate of drug-likeness (QED) is 0.111. The summed E-state index contributed by atoms with van der Waals surface area (Å²) >= 11 is 0. The van der Waals surface area contributed by atoms with Gasteiger partial charge in [0.05, 0.1) is 6.61 Å². The topological polar surface area (TPSA) is 26.3 Å². The fourth-order valence-electron chi connectivity index (χ4n) is 5.18. The van der Waals surface area contributed by atoms with E-state index in [1.165, 1.54) is 16.7 Å². The van der Waals surface area contributed by atoms with Crippen molar-refractivity contribution in [2.45, 2.75) is 87.0 Å². The Bertz CT molecular complexity index is 1480. The third-order valence-corrected chi connectivity index (χ3v) is 8.57. The van der Waals surface area contributed by atoms with Gasteiger partial charge in [-0.2, -0.15) is 0 Å². The molecule has 0 aromatic heterocycles. The summed E-state index contributed by atoms with van der Waals surface area (Å²) in [6.45, 7) is 31.2. The van der Waals surface area contributed by atoms with Crippen molar-refractivity contribution >= 4 is 11.9 Å². The zero-order chi connectivity index (χ0) is 34.3. The molecule has 0 fully saturated rings. The van der Waals surface area contributed by atoms with E-state index in [9.17, 15) is 4.79 Å². The fraction of sp³-hybridized carbons (Fsp3) is 0.341. The number of benzene rings is 3. The first-order valence-corrected chi connectivity index (χ1v) is 16.6. The molecule has 1 unspecified atom stereocenters. The molecular formula is C44H56O2. The van der Waals surface area contributed by atoms with E-state index in [4.69, 9.17) is 4.74 Å². The van der Waals surface area contributed by atoms with Crippen LogP contribution >= 0.6 is 0 Å². The molecule has 0 amide bonds. The van der Waals surface area contributed by atoms with Crippen LogP contribution in [0.3, 0.4) is 0 Å². The van der Waals surface area contributed by atoms with Gasteiger partial charge in [-0.3, -0.25) is 4.79 Å². The average Bonchev–Trinajstić information content (AvgIpc) is 3.04. The summed E-state index contributed by atoms with van der Waals surface area (Å²) in [5, 5.41) is 0. The van der Waals surface area contributed by atoms with Crippen LogP contribution in [-0.4, -0.2) is 12.4 Å². The smallest absolute Gasteiger partial charge is 0.158 e. The number of hydrogen-bond acceptors (Lipinski definition) is 2. The monoisotopic (exact) mass is 616 g/mol. The van der Waals surface area contributed by atoms with Gasteiger partial charge >= 0.3 is 0 Å². The van der Waals surface area contributed by atoms with Crippen LogP contribution in [0.4, 0.5) is 0 Å². The first-order valence-electron chi connectivity index (χ1n) is 16.6. The molecule has 0 bridgehead atoms. The van der Waals surface area contributed by atoms with Crippen molar-refractivity contribution in [3.63, 3.8) is 0 Å². The molecule has 0 saturated heterocycles. The summed E-state index contributed by atoms with van der Waals surface area (Å²) in [7, 11) is 0. The number of carbonyl (C=O) groups excluding carboxylic acids is 1. The normalized spacial score (nSPS) is 12.1. The van der Waals surface area contributed by atoms with E-state index < -0.39 is 0 Å². The Kier molecular flexibility index (Phi) is 15.5. The van der Waals surface area contributed by atoms with Gasteiger partial charge in [0.15, 0.2) is 5.78 Å². The zero-order valence-electron chi connectivity index (χ0n) is 29.6. The molecule has 244 valence electrons. The number of rotatable bonds is 17. The molecule has 3 rings (SSSR count). The van der Waals surface area contributed by atoms with E-state index in [1.807, 2.05) is 32.9 Å². The van der Waals surface area contributed by atoms with Crippen LogP contribution in [0.1, 0.15) is 89.0 Å². The van der Waals surface area contributed by atoms with E-state index in [0.29, 0.717) is 18.6 Å². The maximum Gasteiger partial charge on any atom is 0.158 e. The van der Waals surface area contributed by atoms with Crippen LogP contribution in [0, 0.1) is 19.3 Å². The van der Waals surface area contributed by atoms with E-state index in [2.05, 4.69) is 114 Å². The Morgan fingerprint density at radius 1 is 0.783 bits per heavy atom. The Morgan fingerprint density at radius 2 is 1.37 bits per heavy atom. The van der Waals surface area contributed by atoms with Crippen molar-refractivity contribution in [1.82, 2.24) is 0 Å². The Balaban J connectivity index is 0.00000361. The lowest BCUT2D eigenvalue weighted by molar-refractivity contribution is -0.116. The Hall–Kier alpha value is -4.17. The average molecular weight is 617 g/mol. The fourth-order valence-corrected chi connectivity index (χ4v) is 5.18. The molecule has 0 heterocycles. The second-order valence-electron chi connectivity index (χ2n) is 12.7. The summed E-state index contributed by atoms with van der Waals surface area (Å²) in [4.78, 5) is 12.3. The predicted molar refractivity (Wildman–Crippen MR) is 201 cm³/mol. The molecule has 0 spiro atoms. The standard InChI is InChI=1S/C42H50O2.C2H6/c1-30(2)34(7)22-24-42(9,25-23-41(43)31(3)4)26-27-44-40-20-18-38(19-21-40)37-16-13-36(14-17-37)12-10-33(6)29-39-15-11-32(5)28-35(39)8;1-2/h10-21,28H,1,3,6-7,22-27,29H2,2,4-5,8-9H3;1-2H3/b12-10+;. The Labute approximate surface area is 280 Å². The van der Waals surface area contributed by atoms with Gasteiger partial charge in [-0.25, -0.2) is 0 Å². The van der Waals surface area contributed by atoms with Crippen LogP contribution in [0.15, 0.2) is 121 Å². The number of carbonyl (C=O) groups is 1. The van der Waals surface area contributed by atoms with Gasteiger partial charge in [0.1, 0.15) is 5.75 Å². The molecule has 2 nitrogen and oxygen atoms in total. The lowest BCUT2D eigenvalue weighted by Crippen LogP contribution is -2.22. The third kappa shape index (κ3) is 12.7. The largest absolute Gasteiger partial charge is 0.494 e. The molecular weight excluding hydrogens is 560 g/mol. The second kappa shape index (κ2) is 18.7. The SMILES string of the molecule is C=C(/C=C/c1ccc(-c2ccc(OCCC(C)(CCC(=C)C(=C)C)CCC(=O)C(=C)C)cc2)cc1)Cc1ccc(C)cc1C.CC.